The van der Waals surface area contributed by atoms with E-state index in [1.165, 1.54) is 17.4 Å². The molecule has 0 saturated heterocycles. The minimum atomic E-state index is -1.01. The van der Waals surface area contributed by atoms with Crippen LogP contribution in [0.4, 0.5) is 0 Å². The van der Waals surface area contributed by atoms with Crippen LogP contribution in [-0.2, 0) is 9.53 Å². The molecule has 1 rings (SSSR count). The second-order valence-corrected chi connectivity index (χ2v) is 4.44. The van der Waals surface area contributed by atoms with Gasteiger partial charge in [0.2, 0.25) is 0 Å². The molecule has 1 aromatic rings. The van der Waals surface area contributed by atoms with E-state index in [4.69, 9.17) is 9.84 Å². The zero-order chi connectivity index (χ0) is 12.1. The molecule has 0 spiro atoms. The van der Waals surface area contributed by atoms with Crippen LogP contribution >= 0.6 is 11.3 Å². The number of carbonyl (C=O) groups excluding carboxylic acids is 1. The average molecular weight is 240 g/mol. The predicted octanol–water partition coefficient (Wildman–Crippen LogP) is 2.41. The molecule has 1 aromatic heterocycles. The normalized spacial score (nSPS) is 10.9. The van der Waals surface area contributed by atoms with E-state index in [0.29, 0.717) is 9.75 Å². The molecule has 0 aliphatic carbocycles. The summed E-state index contributed by atoms with van der Waals surface area (Å²) >= 11 is 1.20. The van der Waals surface area contributed by atoms with Crippen molar-refractivity contribution in [2.24, 2.45) is 0 Å². The summed E-state index contributed by atoms with van der Waals surface area (Å²) in [5, 5.41) is 8.44. The lowest BCUT2D eigenvalue weighted by Crippen LogP contribution is -2.09. The molecule has 16 heavy (non-hydrogen) atoms. The molecule has 5 heteroatoms. The summed E-state index contributed by atoms with van der Waals surface area (Å²) in [6, 6.07) is 3.30. The third kappa shape index (κ3) is 3.86. The van der Waals surface area contributed by atoms with Gasteiger partial charge in [-0.05, 0) is 32.1 Å². The van der Waals surface area contributed by atoms with Crippen LogP contribution in [0.25, 0.3) is 6.08 Å². The van der Waals surface area contributed by atoms with Gasteiger partial charge in [0.15, 0.2) is 0 Å². The maximum Gasteiger partial charge on any atom is 0.348 e. The Labute approximate surface area is 97.2 Å². The maximum absolute atomic E-state index is 11.5. The first kappa shape index (κ1) is 12.4. The molecule has 0 aromatic carbocycles. The molecule has 0 radical (unpaired) electrons. The van der Waals surface area contributed by atoms with Gasteiger partial charge in [-0.3, -0.25) is 0 Å². The number of thiophene rings is 1. The summed E-state index contributed by atoms with van der Waals surface area (Å²) in [4.78, 5) is 22.9. The SMILES string of the molecule is CC(C)OC(=O)c1ccc(/C=C/C(=O)O)s1. The largest absolute Gasteiger partial charge is 0.478 e. The molecule has 1 N–H and O–H groups in total. The fourth-order valence-electron chi connectivity index (χ4n) is 0.978. The summed E-state index contributed by atoms with van der Waals surface area (Å²) in [5.74, 6) is -1.39. The lowest BCUT2D eigenvalue weighted by atomic mass is 10.4. The van der Waals surface area contributed by atoms with Crippen LogP contribution in [0.3, 0.4) is 0 Å². The predicted molar refractivity (Wildman–Crippen MR) is 61.5 cm³/mol. The third-order valence-electron chi connectivity index (χ3n) is 1.56. The highest BCUT2D eigenvalue weighted by Crippen LogP contribution is 2.19. The molecule has 86 valence electrons. The molecule has 0 aliphatic heterocycles. The van der Waals surface area contributed by atoms with E-state index in [1.54, 1.807) is 26.0 Å². The van der Waals surface area contributed by atoms with Crippen molar-refractivity contribution in [2.75, 3.05) is 0 Å². The lowest BCUT2D eigenvalue weighted by molar-refractivity contribution is -0.131. The molecular weight excluding hydrogens is 228 g/mol. The summed E-state index contributed by atoms with van der Waals surface area (Å²) < 4.78 is 5.01. The molecular formula is C11H12O4S. The molecule has 0 bridgehead atoms. The smallest absolute Gasteiger partial charge is 0.348 e. The van der Waals surface area contributed by atoms with Gasteiger partial charge in [0.05, 0.1) is 6.10 Å². The second-order valence-electron chi connectivity index (χ2n) is 3.33. The summed E-state index contributed by atoms with van der Waals surface area (Å²) in [5.41, 5.74) is 0. The number of ether oxygens (including phenoxy) is 1. The van der Waals surface area contributed by atoms with Crippen molar-refractivity contribution in [2.45, 2.75) is 20.0 Å². The first-order valence-electron chi connectivity index (χ1n) is 4.71. The first-order valence-corrected chi connectivity index (χ1v) is 5.52. The van der Waals surface area contributed by atoms with E-state index in [1.807, 2.05) is 0 Å². The Morgan fingerprint density at radius 2 is 2.12 bits per heavy atom. The van der Waals surface area contributed by atoms with Crippen LogP contribution < -0.4 is 0 Å². The van der Waals surface area contributed by atoms with Crippen molar-refractivity contribution in [3.63, 3.8) is 0 Å². The molecule has 0 amide bonds. The van der Waals surface area contributed by atoms with E-state index in [-0.39, 0.29) is 12.1 Å². The Kier molecular flexibility index (Phi) is 4.25. The van der Waals surface area contributed by atoms with Gasteiger partial charge < -0.3 is 9.84 Å². The van der Waals surface area contributed by atoms with Gasteiger partial charge in [-0.25, -0.2) is 9.59 Å². The Morgan fingerprint density at radius 1 is 1.44 bits per heavy atom. The van der Waals surface area contributed by atoms with Crippen molar-refractivity contribution in [1.82, 2.24) is 0 Å². The van der Waals surface area contributed by atoms with E-state index < -0.39 is 5.97 Å². The molecule has 4 nitrogen and oxygen atoms in total. The van der Waals surface area contributed by atoms with Crippen molar-refractivity contribution in [3.05, 3.63) is 28.0 Å². The first-order chi connectivity index (χ1) is 7.49. The number of esters is 1. The molecule has 0 unspecified atom stereocenters. The van der Waals surface area contributed by atoms with Gasteiger partial charge in [0.25, 0.3) is 0 Å². The molecule has 1 heterocycles. The monoisotopic (exact) mass is 240 g/mol. The fourth-order valence-corrected chi connectivity index (χ4v) is 1.77. The van der Waals surface area contributed by atoms with Gasteiger partial charge in [0.1, 0.15) is 4.88 Å². The van der Waals surface area contributed by atoms with Crippen LogP contribution in [0.2, 0.25) is 0 Å². The van der Waals surface area contributed by atoms with Crippen LogP contribution in [0.15, 0.2) is 18.2 Å². The minimum Gasteiger partial charge on any atom is -0.478 e. The zero-order valence-electron chi connectivity index (χ0n) is 8.97. The lowest BCUT2D eigenvalue weighted by Gasteiger charge is -2.05. The molecule has 0 fully saturated rings. The van der Waals surface area contributed by atoms with Crippen LogP contribution in [-0.4, -0.2) is 23.1 Å². The minimum absolute atomic E-state index is 0.160. The maximum atomic E-state index is 11.5. The molecule has 0 saturated carbocycles. The Hall–Kier alpha value is -1.62. The second kappa shape index (κ2) is 5.46. The number of hydrogen-bond acceptors (Lipinski definition) is 4. The van der Waals surface area contributed by atoms with E-state index in [2.05, 4.69) is 0 Å². The van der Waals surface area contributed by atoms with Gasteiger partial charge in [0, 0.05) is 11.0 Å². The number of rotatable bonds is 4. The van der Waals surface area contributed by atoms with E-state index in [0.717, 1.165) is 6.08 Å². The topological polar surface area (TPSA) is 63.6 Å². The van der Waals surface area contributed by atoms with E-state index in [9.17, 15) is 9.59 Å². The highest BCUT2D eigenvalue weighted by atomic mass is 32.1. The highest BCUT2D eigenvalue weighted by molar-refractivity contribution is 7.14. The van der Waals surface area contributed by atoms with Crippen molar-refractivity contribution < 1.29 is 19.4 Å². The average Bonchev–Trinajstić information content (AvgIpc) is 2.61. The Balaban J connectivity index is 2.71. The van der Waals surface area contributed by atoms with Gasteiger partial charge in [-0.15, -0.1) is 11.3 Å². The number of carbonyl (C=O) groups is 2. The van der Waals surface area contributed by atoms with Crippen LogP contribution in [0, 0.1) is 0 Å². The summed E-state index contributed by atoms with van der Waals surface area (Å²) in [7, 11) is 0. The summed E-state index contributed by atoms with van der Waals surface area (Å²) in [6.07, 6.45) is 2.32. The van der Waals surface area contributed by atoms with Gasteiger partial charge >= 0.3 is 11.9 Å². The van der Waals surface area contributed by atoms with Crippen LogP contribution in [0.1, 0.15) is 28.4 Å². The highest BCUT2D eigenvalue weighted by Gasteiger charge is 2.11. The van der Waals surface area contributed by atoms with Gasteiger partial charge in [-0.1, -0.05) is 0 Å². The number of hydrogen-bond donors (Lipinski definition) is 1. The molecule has 0 atom stereocenters. The standard InChI is InChI=1S/C11H12O4S/c1-7(2)15-11(14)9-5-3-8(16-9)4-6-10(12)13/h3-7H,1-2H3,(H,12,13)/b6-4+. The van der Waals surface area contributed by atoms with Gasteiger partial charge in [-0.2, -0.15) is 0 Å². The van der Waals surface area contributed by atoms with E-state index >= 15 is 0 Å². The quantitative estimate of drug-likeness (QED) is 0.648. The zero-order valence-corrected chi connectivity index (χ0v) is 9.78. The third-order valence-corrected chi connectivity index (χ3v) is 2.59. The van der Waals surface area contributed by atoms with Crippen molar-refractivity contribution >= 4 is 29.4 Å². The summed E-state index contributed by atoms with van der Waals surface area (Å²) in [6.45, 7) is 3.55. The number of aliphatic carboxylic acids is 1. The number of carboxylic acids is 1. The Morgan fingerprint density at radius 3 is 2.69 bits per heavy atom. The fraction of sp³-hybridized carbons (Fsp3) is 0.273. The van der Waals surface area contributed by atoms with Crippen molar-refractivity contribution in [3.8, 4) is 0 Å². The number of carboxylic acid groups (broad SMARTS) is 1. The Bertz CT molecular complexity index is 417. The van der Waals surface area contributed by atoms with Crippen molar-refractivity contribution in [1.29, 1.82) is 0 Å². The van der Waals surface area contributed by atoms with Crippen LogP contribution in [0.5, 0.6) is 0 Å². The molecule has 0 aliphatic rings.